The Bertz CT molecular complexity index is 331. The van der Waals surface area contributed by atoms with Crippen molar-refractivity contribution >= 4 is 8.60 Å². The number of hydrogen-bond acceptors (Lipinski definition) is 5. The third-order valence-electron chi connectivity index (χ3n) is 1.17. The second kappa shape index (κ2) is 7.77. The van der Waals surface area contributed by atoms with Crippen molar-refractivity contribution in [1.29, 1.82) is 5.26 Å². The Kier molecular flexibility index (Phi) is 6.94. The summed E-state index contributed by atoms with van der Waals surface area (Å²) < 4.78 is 3.98. The van der Waals surface area contributed by atoms with E-state index in [0.717, 1.165) is 6.26 Å². The van der Waals surface area contributed by atoms with Gasteiger partial charge in [0.15, 0.2) is 0 Å². The Morgan fingerprint density at radius 1 is 1.33 bits per heavy atom. The molecule has 3 N–H and O–H groups in total. The highest BCUT2D eigenvalue weighted by atomic mass is 31.2. The Morgan fingerprint density at radius 3 is 2.13 bits per heavy atom. The normalized spacial score (nSPS) is 8.40. The number of aromatic hydroxyl groups is 1. The van der Waals surface area contributed by atoms with Gasteiger partial charge < -0.3 is 19.4 Å². The topological polar surface area (TPSA) is 93.7 Å². The van der Waals surface area contributed by atoms with Gasteiger partial charge in [-0.2, -0.15) is 5.26 Å². The molecule has 6 heteroatoms. The Labute approximate surface area is 88.5 Å². The lowest BCUT2D eigenvalue weighted by atomic mass is 10.2. The fourth-order valence-corrected chi connectivity index (χ4v) is 0.736. The van der Waals surface area contributed by atoms with Crippen LogP contribution in [-0.4, -0.2) is 14.9 Å². The van der Waals surface area contributed by atoms with Crippen LogP contribution >= 0.6 is 8.60 Å². The van der Waals surface area contributed by atoms with Crippen molar-refractivity contribution in [2.24, 2.45) is 0 Å². The molecule has 0 saturated heterocycles. The first-order valence-electron chi connectivity index (χ1n) is 3.75. The molecular formula is C9H10NO4P. The number of benzene rings is 1. The van der Waals surface area contributed by atoms with Crippen LogP contribution in [0.3, 0.4) is 0 Å². The molecule has 0 saturated carbocycles. The van der Waals surface area contributed by atoms with Crippen molar-refractivity contribution < 1.29 is 19.4 Å². The molecule has 0 aromatic heterocycles. The molecule has 0 fully saturated rings. The molecule has 0 spiro atoms. The molecule has 0 bridgehead atoms. The summed E-state index contributed by atoms with van der Waals surface area (Å²) in [5.74, 6) is 0.189. The Hall–Kier alpha value is -1.60. The van der Waals surface area contributed by atoms with Crippen molar-refractivity contribution in [1.82, 2.24) is 0 Å². The van der Waals surface area contributed by atoms with Gasteiger partial charge >= 0.3 is 8.60 Å². The highest BCUT2D eigenvalue weighted by molar-refractivity contribution is 7.39. The number of rotatable bonds is 2. The Morgan fingerprint density at radius 2 is 1.87 bits per heavy atom. The quantitative estimate of drug-likeness (QED) is 0.527. The zero-order chi connectivity index (χ0) is 11.7. The summed E-state index contributed by atoms with van der Waals surface area (Å²) in [6.45, 7) is 3.07. The average Bonchev–Trinajstić information content (AvgIpc) is 2.20. The number of phenols is 1. The predicted octanol–water partition coefficient (Wildman–Crippen LogP) is 1.62. The molecule has 15 heavy (non-hydrogen) atoms. The van der Waals surface area contributed by atoms with Crippen molar-refractivity contribution in [3.05, 3.63) is 42.7 Å². The fraction of sp³-hybridized carbons (Fsp3) is 0. The third-order valence-corrected chi connectivity index (χ3v) is 1.50. The zero-order valence-electron chi connectivity index (χ0n) is 7.74. The van der Waals surface area contributed by atoms with E-state index >= 15 is 0 Å². The summed E-state index contributed by atoms with van der Waals surface area (Å²) in [6.07, 6.45) is 0.978. The third kappa shape index (κ3) is 7.47. The van der Waals surface area contributed by atoms with Gasteiger partial charge in [0.25, 0.3) is 0 Å². The SMILES string of the molecule is C=COP(O)O.N#Cc1ccc(O)cc1. The van der Waals surface area contributed by atoms with E-state index in [1.165, 1.54) is 12.1 Å². The van der Waals surface area contributed by atoms with E-state index in [4.69, 9.17) is 20.2 Å². The first kappa shape index (κ1) is 13.4. The highest BCUT2D eigenvalue weighted by Gasteiger charge is 1.89. The van der Waals surface area contributed by atoms with Crippen molar-refractivity contribution in [2.75, 3.05) is 0 Å². The molecule has 0 amide bonds. The minimum absolute atomic E-state index is 0.189. The lowest BCUT2D eigenvalue weighted by molar-refractivity contribution is 0.343. The Balaban J connectivity index is 0.000000288. The maximum Gasteiger partial charge on any atom is 0.390 e. The summed E-state index contributed by atoms with van der Waals surface area (Å²) in [5.41, 5.74) is 0.563. The van der Waals surface area contributed by atoms with Crippen LogP contribution in [-0.2, 0) is 4.52 Å². The summed E-state index contributed by atoms with van der Waals surface area (Å²) in [4.78, 5) is 15.8. The van der Waals surface area contributed by atoms with Crippen LogP contribution in [0.5, 0.6) is 5.75 Å². The van der Waals surface area contributed by atoms with Gasteiger partial charge in [0.05, 0.1) is 17.9 Å². The first-order valence-corrected chi connectivity index (χ1v) is 4.91. The van der Waals surface area contributed by atoms with Gasteiger partial charge in [0.1, 0.15) is 5.75 Å². The molecule has 80 valence electrons. The van der Waals surface area contributed by atoms with Gasteiger partial charge in [-0.05, 0) is 24.3 Å². The molecule has 1 aromatic rings. The van der Waals surface area contributed by atoms with Gasteiger partial charge in [0, 0.05) is 0 Å². The molecule has 0 heterocycles. The summed E-state index contributed by atoms with van der Waals surface area (Å²) >= 11 is 0. The fourth-order valence-electron chi connectivity index (χ4n) is 0.603. The maximum atomic E-state index is 8.74. The van der Waals surface area contributed by atoms with Crippen molar-refractivity contribution in [3.63, 3.8) is 0 Å². The smallest absolute Gasteiger partial charge is 0.390 e. The standard InChI is InChI=1S/C7H5NO.C2H5O3P/c8-5-6-1-3-7(9)4-2-6;1-2-5-6(3)4/h1-4,9H;2-4H,1H2. The summed E-state index contributed by atoms with van der Waals surface area (Å²) in [7, 11) is -2.22. The van der Waals surface area contributed by atoms with Crippen LogP contribution in [0, 0.1) is 11.3 Å². The van der Waals surface area contributed by atoms with Crippen LogP contribution in [0.4, 0.5) is 0 Å². The lowest BCUT2D eigenvalue weighted by Crippen LogP contribution is -1.69. The number of nitriles is 1. The molecule has 0 radical (unpaired) electrons. The molecule has 0 aliphatic heterocycles. The molecule has 0 unspecified atom stereocenters. The first-order chi connectivity index (χ1) is 7.10. The molecule has 0 aliphatic rings. The minimum atomic E-state index is -2.22. The monoisotopic (exact) mass is 227 g/mol. The van der Waals surface area contributed by atoms with Gasteiger partial charge in [0.2, 0.25) is 0 Å². The minimum Gasteiger partial charge on any atom is -0.508 e. The van der Waals surface area contributed by atoms with E-state index < -0.39 is 8.60 Å². The second-order valence-electron chi connectivity index (χ2n) is 2.18. The molecule has 0 atom stereocenters. The second-order valence-corrected chi connectivity index (χ2v) is 2.90. The van der Waals surface area contributed by atoms with Crippen LogP contribution < -0.4 is 0 Å². The largest absolute Gasteiger partial charge is 0.508 e. The zero-order valence-corrected chi connectivity index (χ0v) is 8.63. The molecular weight excluding hydrogens is 217 g/mol. The molecule has 5 nitrogen and oxygen atoms in total. The van der Waals surface area contributed by atoms with Crippen LogP contribution in [0.25, 0.3) is 0 Å². The van der Waals surface area contributed by atoms with Gasteiger partial charge in [-0.15, -0.1) is 0 Å². The molecule has 1 rings (SSSR count). The molecule has 0 aliphatic carbocycles. The van der Waals surface area contributed by atoms with E-state index in [1.807, 2.05) is 6.07 Å². The van der Waals surface area contributed by atoms with Crippen LogP contribution in [0.2, 0.25) is 0 Å². The van der Waals surface area contributed by atoms with E-state index in [-0.39, 0.29) is 5.75 Å². The number of hydrogen-bond donors (Lipinski definition) is 3. The van der Waals surface area contributed by atoms with Crippen molar-refractivity contribution in [2.45, 2.75) is 0 Å². The van der Waals surface area contributed by atoms with Gasteiger partial charge in [-0.3, -0.25) is 0 Å². The maximum absolute atomic E-state index is 8.74. The summed E-state index contributed by atoms with van der Waals surface area (Å²) in [5, 5.41) is 17.0. The van der Waals surface area contributed by atoms with E-state index in [9.17, 15) is 0 Å². The van der Waals surface area contributed by atoms with Crippen LogP contribution in [0.1, 0.15) is 5.56 Å². The van der Waals surface area contributed by atoms with Crippen LogP contribution in [0.15, 0.2) is 37.1 Å². The number of nitrogens with zero attached hydrogens (tertiary/aromatic N) is 1. The van der Waals surface area contributed by atoms with Gasteiger partial charge in [-0.25, -0.2) is 0 Å². The van der Waals surface area contributed by atoms with E-state index in [1.54, 1.807) is 12.1 Å². The molecule has 1 aromatic carbocycles. The van der Waals surface area contributed by atoms with Gasteiger partial charge in [-0.1, -0.05) is 6.58 Å². The predicted molar refractivity (Wildman–Crippen MR) is 55.5 cm³/mol. The summed E-state index contributed by atoms with van der Waals surface area (Å²) in [6, 6.07) is 8.04. The highest BCUT2D eigenvalue weighted by Crippen LogP contribution is 2.23. The lowest BCUT2D eigenvalue weighted by Gasteiger charge is -1.93. The van der Waals surface area contributed by atoms with Crippen molar-refractivity contribution in [3.8, 4) is 11.8 Å². The number of phenolic OH excluding ortho intramolecular Hbond substituents is 1. The average molecular weight is 227 g/mol. The van der Waals surface area contributed by atoms with E-state index in [0.29, 0.717) is 5.56 Å². The van der Waals surface area contributed by atoms with E-state index in [2.05, 4.69) is 11.1 Å².